The molecule has 0 bridgehead atoms. The SMILES string of the molecule is CCNC(=O)[C@@H](C)N(C)CC(=O)Nc1ccc(F)c(F)c1F. The van der Waals surface area contributed by atoms with Crippen LogP contribution in [0, 0.1) is 17.5 Å². The highest BCUT2D eigenvalue weighted by molar-refractivity contribution is 5.93. The van der Waals surface area contributed by atoms with E-state index < -0.39 is 35.1 Å². The smallest absolute Gasteiger partial charge is 0.238 e. The van der Waals surface area contributed by atoms with Gasteiger partial charge < -0.3 is 10.6 Å². The monoisotopic (exact) mass is 317 g/mol. The Balaban J connectivity index is 2.67. The Hall–Kier alpha value is -2.09. The van der Waals surface area contributed by atoms with Crippen molar-refractivity contribution in [3.8, 4) is 0 Å². The molecular weight excluding hydrogens is 299 g/mol. The Kier molecular flexibility index (Phi) is 6.36. The standard InChI is InChI=1S/C14H18F3N3O2/c1-4-18-14(22)8(2)20(3)7-11(21)19-10-6-5-9(15)12(16)13(10)17/h5-6,8H,4,7H2,1-3H3,(H,18,22)(H,19,21)/t8-/m1/s1. The number of nitrogens with one attached hydrogen (secondary N) is 2. The molecular formula is C14H18F3N3O2. The van der Waals surface area contributed by atoms with Crippen LogP contribution in [0.5, 0.6) is 0 Å². The third-order valence-corrected chi connectivity index (χ3v) is 3.09. The molecule has 0 saturated carbocycles. The molecule has 1 aromatic rings. The fourth-order valence-electron chi connectivity index (χ4n) is 1.70. The summed E-state index contributed by atoms with van der Waals surface area (Å²) in [4.78, 5) is 24.9. The molecule has 1 aromatic carbocycles. The summed E-state index contributed by atoms with van der Waals surface area (Å²) in [6, 6.07) is 1.08. The van der Waals surface area contributed by atoms with Crippen molar-refractivity contribution in [3.05, 3.63) is 29.6 Å². The van der Waals surface area contributed by atoms with Crippen LogP contribution in [0.1, 0.15) is 13.8 Å². The number of carbonyl (C=O) groups is 2. The Bertz CT molecular complexity index is 567. The normalized spacial score (nSPS) is 12.1. The van der Waals surface area contributed by atoms with Crippen LogP contribution in [0.25, 0.3) is 0 Å². The third-order valence-electron chi connectivity index (χ3n) is 3.09. The van der Waals surface area contributed by atoms with Crippen LogP contribution >= 0.6 is 0 Å². The molecule has 0 fully saturated rings. The topological polar surface area (TPSA) is 61.4 Å². The largest absolute Gasteiger partial charge is 0.355 e. The minimum absolute atomic E-state index is 0.212. The van der Waals surface area contributed by atoms with Crippen LogP contribution in [0.15, 0.2) is 12.1 Å². The van der Waals surface area contributed by atoms with Gasteiger partial charge in [-0.05, 0) is 33.0 Å². The van der Waals surface area contributed by atoms with E-state index in [4.69, 9.17) is 0 Å². The fourth-order valence-corrected chi connectivity index (χ4v) is 1.70. The van der Waals surface area contributed by atoms with Crippen LogP contribution in [0.4, 0.5) is 18.9 Å². The molecule has 1 atom stereocenters. The van der Waals surface area contributed by atoms with Gasteiger partial charge in [-0.25, -0.2) is 13.2 Å². The first-order chi connectivity index (χ1) is 10.3. The van der Waals surface area contributed by atoms with Crippen molar-refractivity contribution in [2.45, 2.75) is 19.9 Å². The highest BCUT2D eigenvalue weighted by atomic mass is 19.2. The quantitative estimate of drug-likeness (QED) is 0.782. The second-order valence-electron chi connectivity index (χ2n) is 4.76. The molecule has 0 aliphatic rings. The van der Waals surface area contributed by atoms with Gasteiger partial charge in [-0.15, -0.1) is 0 Å². The van der Waals surface area contributed by atoms with E-state index in [2.05, 4.69) is 10.6 Å². The van der Waals surface area contributed by atoms with Crippen molar-refractivity contribution < 1.29 is 22.8 Å². The minimum Gasteiger partial charge on any atom is -0.355 e. The second kappa shape index (κ2) is 7.79. The molecule has 0 aromatic heterocycles. The van der Waals surface area contributed by atoms with Gasteiger partial charge in [-0.1, -0.05) is 0 Å². The molecule has 1 rings (SSSR count). The summed E-state index contributed by atoms with van der Waals surface area (Å²) in [5.74, 6) is -5.35. The lowest BCUT2D eigenvalue weighted by Gasteiger charge is -2.23. The van der Waals surface area contributed by atoms with Crippen LogP contribution in [-0.4, -0.2) is 42.9 Å². The predicted octanol–water partition coefficient (Wildman–Crippen LogP) is 1.50. The zero-order chi connectivity index (χ0) is 16.9. The van der Waals surface area contributed by atoms with E-state index in [0.29, 0.717) is 6.54 Å². The maximum absolute atomic E-state index is 13.4. The van der Waals surface area contributed by atoms with Crippen molar-refractivity contribution >= 4 is 17.5 Å². The molecule has 0 saturated heterocycles. The molecule has 122 valence electrons. The summed E-state index contributed by atoms with van der Waals surface area (Å²) in [5.41, 5.74) is -0.456. The summed E-state index contributed by atoms with van der Waals surface area (Å²) in [7, 11) is 1.54. The molecule has 22 heavy (non-hydrogen) atoms. The summed E-state index contributed by atoms with van der Waals surface area (Å²) in [6.45, 7) is 3.62. The van der Waals surface area contributed by atoms with Crippen molar-refractivity contribution in [1.29, 1.82) is 0 Å². The predicted molar refractivity (Wildman–Crippen MR) is 75.7 cm³/mol. The number of amides is 2. The van der Waals surface area contributed by atoms with Crippen LogP contribution in [0.2, 0.25) is 0 Å². The number of rotatable bonds is 6. The van der Waals surface area contributed by atoms with E-state index in [-0.39, 0.29) is 12.5 Å². The van der Waals surface area contributed by atoms with Crippen LogP contribution < -0.4 is 10.6 Å². The minimum atomic E-state index is -1.65. The lowest BCUT2D eigenvalue weighted by atomic mass is 10.2. The van der Waals surface area contributed by atoms with Gasteiger partial charge >= 0.3 is 0 Å². The molecule has 5 nitrogen and oxygen atoms in total. The first kappa shape index (κ1) is 18.0. The Morgan fingerprint density at radius 1 is 1.23 bits per heavy atom. The summed E-state index contributed by atoms with van der Waals surface area (Å²) >= 11 is 0. The van der Waals surface area contributed by atoms with Crippen molar-refractivity contribution in [3.63, 3.8) is 0 Å². The molecule has 0 aliphatic heterocycles. The molecule has 0 unspecified atom stereocenters. The molecule has 0 radical (unpaired) electrons. The Labute approximate surface area is 126 Å². The summed E-state index contributed by atoms with van der Waals surface area (Å²) < 4.78 is 39.3. The van der Waals surface area contributed by atoms with E-state index >= 15 is 0 Å². The summed E-state index contributed by atoms with van der Waals surface area (Å²) in [6.07, 6.45) is 0. The molecule has 0 aliphatic carbocycles. The zero-order valence-electron chi connectivity index (χ0n) is 12.5. The van der Waals surface area contributed by atoms with Crippen molar-refractivity contribution in [2.24, 2.45) is 0 Å². The van der Waals surface area contributed by atoms with Gasteiger partial charge in [0.05, 0.1) is 18.3 Å². The number of likely N-dealkylation sites (N-methyl/N-ethyl adjacent to an activating group) is 2. The van der Waals surface area contributed by atoms with Crippen LogP contribution in [0.3, 0.4) is 0 Å². The van der Waals surface area contributed by atoms with Crippen molar-refractivity contribution in [1.82, 2.24) is 10.2 Å². The Morgan fingerprint density at radius 2 is 1.86 bits per heavy atom. The molecule has 0 spiro atoms. The number of benzene rings is 1. The number of nitrogens with zero attached hydrogens (tertiary/aromatic N) is 1. The van der Waals surface area contributed by atoms with Gasteiger partial charge in [-0.3, -0.25) is 14.5 Å². The van der Waals surface area contributed by atoms with Gasteiger partial charge in [0.2, 0.25) is 11.8 Å². The fraction of sp³-hybridized carbons (Fsp3) is 0.429. The molecule has 8 heteroatoms. The number of carbonyl (C=O) groups excluding carboxylic acids is 2. The van der Waals surface area contributed by atoms with Gasteiger partial charge in [0, 0.05) is 6.54 Å². The van der Waals surface area contributed by atoms with E-state index in [1.807, 2.05) is 0 Å². The molecule has 2 N–H and O–H groups in total. The van der Waals surface area contributed by atoms with Gasteiger partial charge in [0.15, 0.2) is 17.5 Å². The maximum Gasteiger partial charge on any atom is 0.238 e. The molecule has 2 amide bonds. The van der Waals surface area contributed by atoms with Gasteiger partial charge in [0.25, 0.3) is 0 Å². The van der Waals surface area contributed by atoms with Gasteiger partial charge in [0.1, 0.15) is 0 Å². The van der Waals surface area contributed by atoms with E-state index in [1.54, 1.807) is 20.9 Å². The first-order valence-corrected chi connectivity index (χ1v) is 6.69. The number of hydrogen-bond acceptors (Lipinski definition) is 3. The molecule has 0 heterocycles. The van der Waals surface area contributed by atoms with Crippen molar-refractivity contribution in [2.75, 3.05) is 25.5 Å². The van der Waals surface area contributed by atoms with Gasteiger partial charge in [-0.2, -0.15) is 0 Å². The highest BCUT2D eigenvalue weighted by Crippen LogP contribution is 2.19. The highest BCUT2D eigenvalue weighted by Gasteiger charge is 2.21. The average molecular weight is 317 g/mol. The lowest BCUT2D eigenvalue weighted by molar-refractivity contribution is -0.126. The average Bonchev–Trinajstić information content (AvgIpc) is 2.47. The second-order valence-corrected chi connectivity index (χ2v) is 4.76. The number of halogens is 3. The third kappa shape index (κ3) is 4.45. The Morgan fingerprint density at radius 3 is 2.45 bits per heavy atom. The zero-order valence-corrected chi connectivity index (χ0v) is 12.5. The van der Waals surface area contributed by atoms with Crippen LogP contribution in [-0.2, 0) is 9.59 Å². The van der Waals surface area contributed by atoms with E-state index in [1.165, 1.54) is 4.90 Å². The number of anilines is 1. The lowest BCUT2D eigenvalue weighted by Crippen LogP contribution is -2.45. The number of hydrogen-bond donors (Lipinski definition) is 2. The summed E-state index contributed by atoms with van der Waals surface area (Å²) in [5, 5.41) is 4.75. The first-order valence-electron chi connectivity index (χ1n) is 6.69. The van der Waals surface area contributed by atoms with E-state index in [9.17, 15) is 22.8 Å². The van der Waals surface area contributed by atoms with E-state index in [0.717, 1.165) is 12.1 Å². The maximum atomic E-state index is 13.4.